The quantitative estimate of drug-likeness (QED) is 0.319. The van der Waals surface area contributed by atoms with E-state index in [4.69, 9.17) is 25.9 Å². The van der Waals surface area contributed by atoms with Crippen LogP contribution in [0, 0.1) is 0 Å². The Kier molecular flexibility index (Phi) is 5.59. The molecule has 4 heterocycles. The van der Waals surface area contributed by atoms with Gasteiger partial charge in [-0.05, 0) is 60.5 Å². The lowest BCUT2D eigenvalue weighted by Gasteiger charge is -2.13. The summed E-state index contributed by atoms with van der Waals surface area (Å²) < 4.78 is 19.2. The summed E-state index contributed by atoms with van der Waals surface area (Å²) in [6, 6.07) is 18.2. The van der Waals surface area contributed by atoms with Crippen LogP contribution in [0.4, 0.5) is 10.2 Å². The zero-order chi connectivity index (χ0) is 24.6. The molecule has 9 nitrogen and oxygen atoms in total. The Labute approximate surface area is 199 Å². The van der Waals surface area contributed by atoms with Crippen LogP contribution in [-0.4, -0.2) is 40.9 Å². The number of fused-ring (bicyclic) bond motifs is 1. The Hall–Kier alpha value is -4.41. The van der Waals surface area contributed by atoms with Crippen LogP contribution in [0.2, 0.25) is 0 Å². The van der Waals surface area contributed by atoms with E-state index in [1.165, 1.54) is 23.9 Å². The van der Waals surface area contributed by atoms with Crippen molar-refractivity contribution in [2.75, 3.05) is 5.73 Å². The first-order valence-electron chi connectivity index (χ1n) is 10.8. The van der Waals surface area contributed by atoms with Gasteiger partial charge in [-0.15, -0.1) is 4.39 Å². The summed E-state index contributed by atoms with van der Waals surface area (Å²) in [5.41, 5.74) is 11.1. The number of halogens is 1. The number of nitrogens with zero attached hydrogens (tertiary/aromatic N) is 5. The van der Waals surface area contributed by atoms with E-state index in [-0.39, 0.29) is 5.75 Å². The molecule has 0 spiro atoms. The third-order valence-corrected chi connectivity index (χ3v) is 5.43. The summed E-state index contributed by atoms with van der Waals surface area (Å²) in [7, 11) is 0. The Balaban J connectivity index is 1.66. The summed E-state index contributed by atoms with van der Waals surface area (Å²) in [6.07, 6.45) is -0.0791. The number of hydrogen-bond acceptors (Lipinski definition) is 8. The van der Waals surface area contributed by atoms with Gasteiger partial charge in [-0.3, -0.25) is 9.55 Å². The van der Waals surface area contributed by atoms with Crippen LogP contribution >= 0.6 is 0 Å². The van der Waals surface area contributed by atoms with Crippen LogP contribution < -0.4 is 10.5 Å². The van der Waals surface area contributed by atoms with E-state index in [1.54, 1.807) is 18.3 Å². The highest BCUT2D eigenvalue weighted by atomic mass is 19.2. The van der Waals surface area contributed by atoms with Crippen molar-refractivity contribution in [1.29, 1.82) is 0 Å². The van der Waals surface area contributed by atoms with Gasteiger partial charge in [0.25, 0.3) is 0 Å². The fraction of sp³-hybridized carbons (Fsp3) is 0.120. The minimum atomic E-state index is -3.79. The third-order valence-electron chi connectivity index (χ3n) is 5.43. The molecule has 0 atom stereocenters. The first-order valence-corrected chi connectivity index (χ1v) is 10.8. The summed E-state index contributed by atoms with van der Waals surface area (Å²) in [5, 5.41) is 17.5. The van der Waals surface area contributed by atoms with Crippen molar-refractivity contribution in [3.63, 3.8) is 0 Å². The molecule has 0 aliphatic heterocycles. The highest BCUT2D eigenvalue weighted by Crippen LogP contribution is 2.31. The first kappa shape index (κ1) is 22.4. The second kappa shape index (κ2) is 8.75. The molecule has 176 valence electrons. The van der Waals surface area contributed by atoms with Gasteiger partial charge < -0.3 is 20.7 Å². The van der Waals surface area contributed by atoms with E-state index < -0.39 is 6.23 Å². The van der Waals surface area contributed by atoms with E-state index in [1.807, 2.05) is 28.8 Å². The van der Waals surface area contributed by atoms with Gasteiger partial charge in [-0.1, -0.05) is 19.1 Å². The maximum absolute atomic E-state index is 12.9. The van der Waals surface area contributed by atoms with Crippen LogP contribution in [0.25, 0.3) is 39.6 Å². The van der Waals surface area contributed by atoms with E-state index in [0.717, 1.165) is 12.1 Å². The number of aromatic nitrogens is 5. The number of imidazole rings is 1. The number of ether oxygens (including phenoxy) is 1. The van der Waals surface area contributed by atoms with Crippen molar-refractivity contribution in [1.82, 2.24) is 24.5 Å². The number of benzene rings is 1. The molecule has 0 unspecified atom stereocenters. The number of hydrogen-bond donors (Lipinski definition) is 3. The average molecular weight is 472 g/mol. The number of aliphatic hydroxyl groups is 2. The summed E-state index contributed by atoms with van der Waals surface area (Å²) in [4.78, 5) is 18.0. The van der Waals surface area contributed by atoms with Gasteiger partial charge in [0, 0.05) is 11.9 Å². The number of aryl methyl sites for hydroxylation is 1. The van der Waals surface area contributed by atoms with Gasteiger partial charge >= 0.3 is 6.23 Å². The zero-order valence-corrected chi connectivity index (χ0v) is 18.6. The second-order valence-corrected chi connectivity index (χ2v) is 7.78. The Morgan fingerprint density at radius 1 is 0.971 bits per heavy atom. The molecule has 4 aromatic heterocycles. The monoisotopic (exact) mass is 472 g/mol. The van der Waals surface area contributed by atoms with Crippen LogP contribution in [0.1, 0.15) is 12.5 Å². The van der Waals surface area contributed by atoms with Gasteiger partial charge in [0.05, 0.1) is 23.1 Å². The van der Waals surface area contributed by atoms with E-state index >= 15 is 0 Å². The number of alkyl halides is 1. The Morgan fingerprint density at radius 3 is 2.40 bits per heavy atom. The van der Waals surface area contributed by atoms with Gasteiger partial charge in [0.2, 0.25) is 0 Å². The van der Waals surface area contributed by atoms with Crippen molar-refractivity contribution in [2.24, 2.45) is 0 Å². The van der Waals surface area contributed by atoms with Crippen molar-refractivity contribution in [3.05, 3.63) is 78.6 Å². The van der Waals surface area contributed by atoms with Gasteiger partial charge in [0.15, 0.2) is 11.5 Å². The second-order valence-electron chi connectivity index (χ2n) is 7.78. The first-order chi connectivity index (χ1) is 16.8. The molecule has 0 saturated carbocycles. The topological polar surface area (TPSA) is 132 Å². The molecule has 0 aliphatic rings. The van der Waals surface area contributed by atoms with Crippen molar-refractivity contribution in [2.45, 2.75) is 19.6 Å². The smallest absolute Gasteiger partial charge is 0.412 e. The molecule has 0 radical (unpaired) electrons. The maximum Gasteiger partial charge on any atom is 0.492 e. The fourth-order valence-corrected chi connectivity index (χ4v) is 3.75. The largest absolute Gasteiger partial charge is 0.492 e. The lowest BCUT2D eigenvalue weighted by Crippen LogP contribution is -2.29. The van der Waals surface area contributed by atoms with Gasteiger partial charge in [-0.2, -0.15) is 0 Å². The fourth-order valence-electron chi connectivity index (χ4n) is 3.75. The third kappa shape index (κ3) is 4.52. The van der Waals surface area contributed by atoms with Crippen LogP contribution in [0.3, 0.4) is 0 Å². The summed E-state index contributed by atoms with van der Waals surface area (Å²) >= 11 is 0. The van der Waals surface area contributed by atoms with E-state index in [2.05, 4.69) is 33.8 Å². The molecule has 10 heteroatoms. The van der Waals surface area contributed by atoms with Gasteiger partial charge in [-0.25, -0.2) is 15.0 Å². The SMILES string of the molecule is CCc1ccc(-n2c(-c3cccnc3N)nc3ccc(-c4ccc(OC(O)(O)F)cn4)nc32)cc1. The molecule has 0 aliphatic carbocycles. The van der Waals surface area contributed by atoms with Crippen molar-refractivity contribution < 1.29 is 19.3 Å². The predicted molar refractivity (Wildman–Crippen MR) is 128 cm³/mol. The van der Waals surface area contributed by atoms with Gasteiger partial charge in [0.1, 0.15) is 17.1 Å². The highest BCUT2D eigenvalue weighted by molar-refractivity contribution is 5.84. The Morgan fingerprint density at radius 2 is 1.74 bits per heavy atom. The predicted octanol–water partition coefficient (Wildman–Crippen LogP) is 3.63. The molecule has 0 fully saturated rings. The maximum atomic E-state index is 12.9. The van der Waals surface area contributed by atoms with E-state index in [9.17, 15) is 4.39 Å². The summed E-state index contributed by atoms with van der Waals surface area (Å²) in [5.74, 6) is 0.794. The normalized spacial score (nSPS) is 11.7. The molecule has 5 rings (SSSR count). The molecular weight excluding hydrogens is 451 g/mol. The lowest BCUT2D eigenvalue weighted by molar-refractivity contribution is -0.375. The number of anilines is 1. The minimum absolute atomic E-state index is 0.155. The minimum Gasteiger partial charge on any atom is -0.412 e. The number of nitrogens with two attached hydrogens (primary N) is 1. The standard InChI is InChI=1S/C25H21FN6O3/c1-2-15-5-7-16(8-6-15)32-23(18-4-3-13-28-22(18)27)31-21-12-11-20(30-24(21)32)19-10-9-17(14-29-19)35-25(26,33)34/h3-14,33-34H,2H2,1H3,(H2,27,28). The van der Waals surface area contributed by atoms with E-state index in [0.29, 0.717) is 39.8 Å². The molecule has 35 heavy (non-hydrogen) atoms. The van der Waals surface area contributed by atoms with Crippen molar-refractivity contribution >= 4 is 17.0 Å². The molecule has 1 aromatic carbocycles. The number of pyridine rings is 3. The lowest BCUT2D eigenvalue weighted by atomic mass is 10.1. The Bertz CT molecular complexity index is 1500. The molecule has 0 saturated heterocycles. The molecule has 4 N–H and O–H groups in total. The molecule has 0 bridgehead atoms. The van der Waals surface area contributed by atoms with Crippen LogP contribution in [0.15, 0.2) is 73.1 Å². The number of rotatable bonds is 6. The highest BCUT2D eigenvalue weighted by Gasteiger charge is 2.24. The summed E-state index contributed by atoms with van der Waals surface area (Å²) in [6.45, 7) is 2.09. The van der Waals surface area contributed by atoms with Crippen molar-refractivity contribution in [3.8, 4) is 34.2 Å². The van der Waals surface area contributed by atoms with Crippen LogP contribution in [0.5, 0.6) is 5.75 Å². The average Bonchev–Trinajstić information content (AvgIpc) is 3.22. The molecular formula is C25H21FN6O3. The zero-order valence-electron chi connectivity index (χ0n) is 18.6. The molecule has 5 aromatic rings. The van der Waals surface area contributed by atoms with Crippen LogP contribution in [-0.2, 0) is 6.42 Å². The molecule has 0 amide bonds. The number of nitrogen functional groups attached to an aromatic ring is 1.